The van der Waals surface area contributed by atoms with Gasteiger partial charge in [0.15, 0.2) is 0 Å². The van der Waals surface area contributed by atoms with Gasteiger partial charge in [-0.3, -0.25) is 9.78 Å². The minimum absolute atomic E-state index is 0.246. The van der Waals surface area contributed by atoms with Gasteiger partial charge in [0.05, 0.1) is 14.2 Å². The molecule has 1 N–H and O–H groups in total. The molecule has 1 heterocycles. The van der Waals surface area contributed by atoms with Crippen molar-refractivity contribution in [3.05, 3.63) is 59.9 Å². The summed E-state index contributed by atoms with van der Waals surface area (Å²) in [5, 5.41) is 2.65. The molecular formula is C17H18N2O4. The SMILES string of the molecule is COC(=O)[C@@H](Cc1ccc(OC)cc1)NC(=O)c1ccccn1. The summed E-state index contributed by atoms with van der Waals surface area (Å²) in [6.45, 7) is 0. The molecule has 1 atom stereocenters. The predicted molar refractivity (Wildman–Crippen MR) is 84.2 cm³/mol. The molecule has 1 aromatic heterocycles. The van der Waals surface area contributed by atoms with E-state index in [2.05, 4.69) is 10.3 Å². The first-order valence-corrected chi connectivity index (χ1v) is 7.06. The number of hydrogen-bond donors (Lipinski definition) is 1. The average molecular weight is 314 g/mol. The number of nitrogens with zero attached hydrogens (tertiary/aromatic N) is 1. The molecule has 6 nitrogen and oxygen atoms in total. The fourth-order valence-corrected chi connectivity index (χ4v) is 2.06. The molecule has 23 heavy (non-hydrogen) atoms. The molecule has 0 bridgehead atoms. The Bertz CT molecular complexity index is 656. The van der Waals surface area contributed by atoms with Crippen molar-refractivity contribution in [3.63, 3.8) is 0 Å². The molecule has 0 radical (unpaired) electrons. The number of rotatable bonds is 6. The normalized spacial score (nSPS) is 11.4. The van der Waals surface area contributed by atoms with Gasteiger partial charge in [-0.2, -0.15) is 0 Å². The van der Waals surface area contributed by atoms with Gasteiger partial charge < -0.3 is 14.8 Å². The van der Waals surface area contributed by atoms with Crippen LogP contribution < -0.4 is 10.1 Å². The number of carbonyl (C=O) groups is 2. The second-order valence-corrected chi connectivity index (χ2v) is 4.82. The molecular weight excluding hydrogens is 296 g/mol. The lowest BCUT2D eigenvalue weighted by atomic mass is 10.1. The van der Waals surface area contributed by atoms with E-state index in [0.717, 1.165) is 11.3 Å². The maximum Gasteiger partial charge on any atom is 0.328 e. The van der Waals surface area contributed by atoms with Crippen molar-refractivity contribution in [2.45, 2.75) is 12.5 Å². The van der Waals surface area contributed by atoms with Crippen molar-refractivity contribution in [3.8, 4) is 5.75 Å². The van der Waals surface area contributed by atoms with Crippen LogP contribution in [0, 0.1) is 0 Å². The third kappa shape index (κ3) is 4.54. The molecule has 0 unspecified atom stereocenters. The van der Waals surface area contributed by atoms with Crippen LogP contribution in [0.3, 0.4) is 0 Å². The number of benzene rings is 1. The Kier molecular flexibility index (Phi) is 5.68. The topological polar surface area (TPSA) is 77.5 Å². The van der Waals surface area contributed by atoms with Crippen LogP contribution in [0.2, 0.25) is 0 Å². The lowest BCUT2D eigenvalue weighted by molar-refractivity contribution is -0.142. The maximum absolute atomic E-state index is 12.2. The molecule has 0 saturated carbocycles. The fraction of sp³-hybridized carbons (Fsp3) is 0.235. The Balaban J connectivity index is 2.10. The molecule has 2 aromatic rings. The van der Waals surface area contributed by atoms with E-state index in [0.29, 0.717) is 6.42 Å². The van der Waals surface area contributed by atoms with E-state index in [4.69, 9.17) is 9.47 Å². The van der Waals surface area contributed by atoms with Crippen LogP contribution in [-0.4, -0.2) is 37.1 Å². The summed E-state index contributed by atoms with van der Waals surface area (Å²) in [4.78, 5) is 28.1. The number of esters is 1. The summed E-state index contributed by atoms with van der Waals surface area (Å²) in [6, 6.07) is 11.5. The minimum atomic E-state index is -0.789. The quantitative estimate of drug-likeness (QED) is 0.820. The van der Waals surface area contributed by atoms with Gasteiger partial charge in [-0.15, -0.1) is 0 Å². The third-order valence-corrected chi connectivity index (χ3v) is 3.29. The molecule has 0 spiro atoms. The van der Waals surface area contributed by atoms with Gasteiger partial charge in [-0.25, -0.2) is 4.79 Å². The van der Waals surface area contributed by atoms with Crippen LogP contribution in [0.15, 0.2) is 48.7 Å². The summed E-state index contributed by atoms with van der Waals surface area (Å²) < 4.78 is 9.86. The largest absolute Gasteiger partial charge is 0.497 e. The van der Waals surface area contributed by atoms with Gasteiger partial charge in [-0.05, 0) is 29.8 Å². The molecule has 1 amide bonds. The van der Waals surface area contributed by atoms with E-state index in [9.17, 15) is 9.59 Å². The monoisotopic (exact) mass is 314 g/mol. The predicted octanol–water partition coefficient (Wildman–Crippen LogP) is 1.60. The van der Waals surface area contributed by atoms with Crippen LogP contribution in [0.25, 0.3) is 0 Å². The number of carbonyl (C=O) groups excluding carboxylic acids is 2. The zero-order valence-electron chi connectivity index (χ0n) is 13.0. The molecule has 0 aliphatic rings. The zero-order valence-corrected chi connectivity index (χ0v) is 13.0. The van der Waals surface area contributed by atoms with E-state index in [1.165, 1.54) is 13.3 Å². The Morgan fingerprint density at radius 3 is 2.43 bits per heavy atom. The highest BCUT2D eigenvalue weighted by molar-refractivity contribution is 5.95. The highest BCUT2D eigenvalue weighted by atomic mass is 16.5. The smallest absolute Gasteiger partial charge is 0.328 e. The number of hydrogen-bond acceptors (Lipinski definition) is 5. The van der Waals surface area contributed by atoms with Crippen molar-refractivity contribution in [1.82, 2.24) is 10.3 Å². The lowest BCUT2D eigenvalue weighted by Gasteiger charge is -2.16. The van der Waals surface area contributed by atoms with E-state index < -0.39 is 17.9 Å². The highest BCUT2D eigenvalue weighted by Crippen LogP contribution is 2.13. The molecule has 0 fully saturated rings. The van der Waals surface area contributed by atoms with Gasteiger partial charge in [0.25, 0.3) is 5.91 Å². The Labute approximate surface area is 134 Å². The molecule has 0 aliphatic heterocycles. The summed E-state index contributed by atoms with van der Waals surface area (Å²) in [5.41, 5.74) is 1.12. The molecule has 0 aliphatic carbocycles. The molecule has 120 valence electrons. The van der Waals surface area contributed by atoms with Crippen LogP contribution in [-0.2, 0) is 16.0 Å². The first-order valence-electron chi connectivity index (χ1n) is 7.06. The standard InChI is InChI=1S/C17H18N2O4/c1-22-13-8-6-12(7-9-13)11-15(17(21)23-2)19-16(20)14-5-3-4-10-18-14/h3-10,15H,11H2,1-2H3,(H,19,20)/t15-/m1/s1. The Hall–Kier alpha value is -2.89. The summed E-state index contributed by atoms with van der Waals surface area (Å²) in [7, 11) is 2.87. The van der Waals surface area contributed by atoms with E-state index in [1.54, 1.807) is 37.4 Å². The first-order chi connectivity index (χ1) is 11.1. The van der Waals surface area contributed by atoms with Gasteiger partial charge in [0.2, 0.25) is 0 Å². The Morgan fingerprint density at radius 1 is 1.13 bits per heavy atom. The second-order valence-electron chi connectivity index (χ2n) is 4.82. The number of pyridine rings is 1. The van der Waals surface area contributed by atoms with Gasteiger partial charge in [0.1, 0.15) is 17.5 Å². The Morgan fingerprint density at radius 2 is 1.87 bits per heavy atom. The van der Waals surface area contributed by atoms with Crippen molar-refractivity contribution in [2.75, 3.05) is 14.2 Å². The maximum atomic E-state index is 12.2. The summed E-state index contributed by atoms with van der Waals surface area (Å²) >= 11 is 0. The second kappa shape index (κ2) is 7.93. The van der Waals surface area contributed by atoms with Crippen molar-refractivity contribution < 1.29 is 19.1 Å². The van der Waals surface area contributed by atoms with E-state index in [1.807, 2.05) is 12.1 Å². The first kappa shape index (κ1) is 16.5. The molecule has 1 aromatic carbocycles. The van der Waals surface area contributed by atoms with Crippen molar-refractivity contribution >= 4 is 11.9 Å². The van der Waals surface area contributed by atoms with Crippen LogP contribution in [0.1, 0.15) is 16.1 Å². The minimum Gasteiger partial charge on any atom is -0.497 e. The highest BCUT2D eigenvalue weighted by Gasteiger charge is 2.23. The van der Waals surface area contributed by atoms with E-state index >= 15 is 0 Å². The fourth-order valence-electron chi connectivity index (χ4n) is 2.06. The van der Waals surface area contributed by atoms with Crippen LogP contribution in [0.4, 0.5) is 0 Å². The van der Waals surface area contributed by atoms with Crippen LogP contribution in [0.5, 0.6) is 5.75 Å². The summed E-state index contributed by atoms with van der Waals surface area (Å²) in [5.74, 6) is -0.208. The number of methoxy groups -OCH3 is 2. The molecule has 6 heteroatoms. The third-order valence-electron chi connectivity index (χ3n) is 3.29. The number of nitrogens with one attached hydrogen (secondary N) is 1. The zero-order chi connectivity index (χ0) is 16.7. The summed E-state index contributed by atoms with van der Waals surface area (Å²) in [6.07, 6.45) is 1.83. The number of amides is 1. The number of ether oxygens (including phenoxy) is 2. The van der Waals surface area contributed by atoms with Crippen molar-refractivity contribution in [2.24, 2.45) is 0 Å². The van der Waals surface area contributed by atoms with Gasteiger partial charge >= 0.3 is 5.97 Å². The van der Waals surface area contributed by atoms with Gasteiger partial charge in [0, 0.05) is 12.6 Å². The van der Waals surface area contributed by atoms with Gasteiger partial charge in [-0.1, -0.05) is 18.2 Å². The van der Waals surface area contributed by atoms with Crippen LogP contribution >= 0.6 is 0 Å². The lowest BCUT2D eigenvalue weighted by Crippen LogP contribution is -2.43. The molecule has 0 saturated heterocycles. The molecule has 2 rings (SSSR count). The van der Waals surface area contributed by atoms with E-state index in [-0.39, 0.29) is 5.69 Å². The van der Waals surface area contributed by atoms with Crippen molar-refractivity contribution in [1.29, 1.82) is 0 Å². The number of aromatic nitrogens is 1. The average Bonchev–Trinajstić information content (AvgIpc) is 2.61.